The van der Waals surface area contributed by atoms with E-state index in [0.29, 0.717) is 34.4 Å². The number of pyridine rings is 2. The van der Waals surface area contributed by atoms with Gasteiger partial charge in [0.2, 0.25) is 0 Å². The van der Waals surface area contributed by atoms with E-state index < -0.39 is 23.0 Å². The lowest BCUT2D eigenvalue weighted by Crippen LogP contribution is -2.34. The van der Waals surface area contributed by atoms with Gasteiger partial charge in [-0.15, -0.1) is 0 Å². The maximum absolute atomic E-state index is 14.9. The van der Waals surface area contributed by atoms with Crippen LogP contribution in [0.5, 0.6) is 5.75 Å². The molecule has 1 atom stereocenters. The second-order valence-electron chi connectivity index (χ2n) is 10.9. The molecule has 0 aliphatic carbocycles. The van der Waals surface area contributed by atoms with Crippen molar-refractivity contribution in [2.24, 2.45) is 0 Å². The van der Waals surface area contributed by atoms with Gasteiger partial charge in [-0.1, -0.05) is 37.3 Å². The van der Waals surface area contributed by atoms with Gasteiger partial charge in [-0.25, -0.2) is 9.37 Å². The predicted octanol–water partition coefficient (Wildman–Crippen LogP) is 5.47. The number of esters is 1. The average molecular weight is 531 g/mol. The molecule has 0 saturated heterocycles. The molecule has 1 aliphatic heterocycles. The lowest BCUT2D eigenvalue weighted by molar-refractivity contribution is -0.161. The Bertz CT molecular complexity index is 1620. The summed E-state index contributed by atoms with van der Waals surface area (Å²) < 4.78 is 27.6. The zero-order chi connectivity index (χ0) is 27.9. The van der Waals surface area contributed by atoms with Crippen LogP contribution in [0.2, 0.25) is 0 Å². The molecule has 7 nitrogen and oxygen atoms in total. The molecule has 3 heterocycles. The molecule has 8 heteroatoms. The van der Waals surface area contributed by atoms with Crippen LogP contribution >= 0.6 is 0 Å². The van der Waals surface area contributed by atoms with Crippen LogP contribution in [0.4, 0.5) is 4.39 Å². The second-order valence-corrected chi connectivity index (χ2v) is 10.9. The highest BCUT2D eigenvalue weighted by Gasteiger charge is 2.35. The van der Waals surface area contributed by atoms with E-state index in [-0.39, 0.29) is 30.8 Å². The van der Waals surface area contributed by atoms with Gasteiger partial charge in [0.1, 0.15) is 17.8 Å². The third-order valence-electron chi connectivity index (χ3n) is 6.86. The lowest BCUT2D eigenvalue weighted by Gasteiger charge is -2.29. The topological polar surface area (TPSA) is 90.7 Å². The summed E-state index contributed by atoms with van der Waals surface area (Å²) in [6, 6.07) is 17.4. The number of carbonyl (C=O) groups is 1. The maximum atomic E-state index is 14.9. The Morgan fingerprint density at radius 1 is 1.10 bits per heavy atom. The van der Waals surface area contributed by atoms with Crippen molar-refractivity contribution < 1.29 is 23.8 Å². The van der Waals surface area contributed by atoms with Crippen LogP contribution in [0.25, 0.3) is 22.3 Å². The van der Waals surface area contributed by atoms with E-state index >= 15 is 0 Å². The van der Waals surface area contributed by atoms with Crippen LogP contribution in [0.15, 0.2) is 65.5 Å². The summed E-state index contributed by atoms with van der Waals surface area (Å²) >= 11 is 0. The van der Waals surface area contributed by atoms with Crippen LogP contribution in [0.3, 0.4) is 0 Å². The summed E-state index contributed by atoms with van der Waals surface area (Å²) in [5.41, 5.74) is 0.895. The van der Waals surface area contributed by atoms with Gasteiger partial charge < -0.3 is 19.1 Å². The largest absolute Gasteiger partial charge is 0.486 e. The molecule has 0 bridgehead atoms. The Balaban J connectivity index is 1.48. The van der Waals surface area contributed by atoms with E-state index in [9.17, 15) is 19.1 Å². The number of nitrogens with zero attached hydrogens (tertiary/aromatic N) is 2. The minimum atomic E-state index is -1.59. The highest BCUT2D eigenvalue weighted by Crippen LogP contribution is 2.37. The number of carbonyl (C=O) groups excluding carboxylic acids is 1. The van der Waals surface area contributed by atoms with Gasteiger partial charge >= 0.3 is 5.97 Å². The van der Waals surface area contributed by atoms with E-state index in [0.717, 1.165) is 11.1 Å². The highest BCUT2D eigenvalue weighted by molar-refractivity contribution is 5.85. The molecule has 1 aliphatic rings. The van der Waals surface area contributed by atoms with Gasteiger partial charge in [0.15, 0.2) is 11.6 Å². The normalized spacial score (nSPS) is 14.0. The van der Waals surface area contributed by atoms with Gasteiger partial charge in [-0.05, 0) is 56.5 Å². The summed E-state index contributed by atoms with van der Waals surface area (Å²) in [5.74, 6) is -0.969. The molecular weight excluding hydrogens is 499 g/mol. The smallest absolute Gasteiger partial charge is 0.309 e. The number of hydrogen-bond acceptors (Lipinski definition) is 6. The Labute approximate surface area is 225 Å². The second kappa shape index (κ2) is 9.93. The summed E-state index contributed by atoms with van der Waals surface area (Å²) in [4.78, 5) is 30.3. The van der Waals surface area contributed by atoms with E-state index in [1.165, 1.54) is 12.1 Å². The third-order valence-corrected chi connectivity index (χ3v) is 6.86. The zero-order valence-corrected chi connectivity index (χ0v) is 22.5. The van der Waals surface area contributed by atoms with Gasteiger partial charge in [-0.3, -0.25) is 9.59 Å². The molecule has 202 valence electrons. The average Bonchev–Trinajstić information content (AvgIpc) is 3.23. The molecule has 5 rings (SSSR count). The molecule has 2 aromatic heterocycles. The Morgan fingerprint density at radius 3 is 2.54 bits per heavy atom. The van der Waals surface area contributed by atoms with E-state index in [4.69, 9.17) is 9.47 Å². The van der Waals surface area contributed by atoms with Crippen molar-refractivity contribution >= 4 is 16.9 Å². The molecule has 0 fully saturated rings. The number of benzene rings is 2. The fraction of sp³-hybridized carbons (Fsp3) is 0.323. The quantitative estimate of drug-likeness (QED) is 0.281. The first-order valence-electron chi connectivity index (χ1n) is 13.0. The van der Waals surface area contributed by atoms with Crippen molar-refractivity contribution in [3.63, 3.8) is 0 Å². The highest BCUT2D eigenvalue weighted by atomic mass is 19.1. The van der Waals surface area contributed by atoms with Crippen molar-refractivity contribution in [2.45, 2.75) is 64.9 Å². The van der Waals surface area contributed by atoms with E-state index in [2.05, 4.69) is 4.98 Å². The van der Waals surface area contributed by atoms with Crippen molar-refractivity contribution in [1.82, 2.24) is 9.55 Å². The van der Waals surface area contributed by atoms with E-state index in [1.807, 2.05) is 36.4 Å². The van der Waals surface area contributed by atoms with Gasteiger partial charge in [0, 0.05) is 23.1 Å². The molecule has 39 heavy (non-hydrogen) atoms. The molecule has 0 radical (unpaired) electrons. The Hall–Kier alpha value is -4.04. The maximum Gasteiger partial charge on any atom is 0.309 e. The number of fused-ring (bicyclic) bond motifs is 4. The molecule has 1 N–H and O–H groups in total. The summed E-state index contributed by atoms with van der Waals surface area (Å²) in [6.07, 6.45) is -0.0945. The first kappa shape index (κ1) is 26.6. The standard InChI is InChI=1S/C31H31FN2O5/c1-5-31(37,16-28(36)39-30(2,3)4)22-13-25-29-21(17-34(25)27(35)14-22)11-20-12-26(23(32)15-24(20)33-29)38-18-19-9-7-6-8-10-19/h6-15,37H,5,16-18H2,1-4H3. The molecule has 4 aromatic rings. The number of ether oxygens (including phenoxy) is 2. The zero-order valence-electron chi connectivity index (χ0n) is 22.5. The Kier molecular flexibility index (Phi) is 6.76. The molecule has 1 unspecified atom stereocenters. The number of aromatic nitrogens is 2. The fourth-order valence-corrected chi connectivity index (χ4v) is 4.85. The molecule has 0 amide bonds. The Morgan fingerprint density at radius 2 is 1.85 bits per heavy atom. The first-order valence-corrected chi connectivity index (χ1v) is 13.0. The van der Waals surface area contributed by atoms with Crippen LogP contribution in [0, 0.1) is 5.82 Å². The lowest BCUT2D eigenvalue weighted by atomic mass is 9.87. The molecular formula is C31H31FN2O5. The van der Waals surface area contributed by atoms with Crippen LogP contribution in [0.1, 0.15) is 57.2 Å². The van der Waals surface area contributed by atoms with Gasteiger partial charge in [0.05, 0.1) is 29.9 Å². The monoisotopic (exact) mass is 530 g/mol. The summed E-state index contributed by atoms with van der Waals surface area (Å²) in [5, 5.41) is 12.1. The predicted molar refractivity (Wildman–Crippen MR) is 146 cm³/mol. The number of hydrogen-bond donors (Lipinski definition) is 1. The third kappa shape index (κ3) is 5.43. The molecule has 0 saturated carbocycles. The van der Waals surface area contributed by atoms with Crippen LogP contribution in [-0.2, 0) is 28.3 Å². The van der Waals surface area contributed by atoms with Gasteiger partial charge in [-0.2, -0.15) is 0 Å². The number of aliphatic hydroxyl groups is 1. The SMILES string of the molecule is CCC(O)(CC(=O)OC(C)(C)C)c1cc2n(c(=O)c1)Cc1cc3cc(OCc4ccccc4)c(F)cc3nc1-2. The van der Waals surface area contributed by atoms with Crippen molar-refractivity contribution in [3.8, 4) is 17.1 Å². The van der Waals surface area contributed by atoms with Crippen molar-refractivity contribution in [3.05, 3.63) is 93.5 Å². The van der Waals surface area contributed by atoms with Crippen LogP contribution in [-0.4, -0.2) is 26.2 Å². The fourth-order valence-electron chi connectivity index (χ4n) is 4.85. The molecule has 2 aromatic carbocycles. The summed E-state index contributed by atoms with van der Waals surface area (Å²) in [7, 11) is 0. The molecule has 0 spiro atoms. The van der Waals surface area contributed by atoms with E-state index in [1.54, 1.807) is 44.4 Å². The minimum Gasteiger partial charge on any atom is -0.486 e. The van der Waals surface area contributed by atoms with Gasteiger partial charge in [0.25, 0.3) is 5.56 Å². The number of rotatable bonds is 7. The van der Waals surface area contributed by atoms with Crippen LogP contribution < -0.4 is 10.3 Å². The summed E-state index contributed by atoms with van der Waals surface area (Å²) in [6.45, 7) is 7.54. The first-order chi connectivity index (χ1) is 18.5. The minimum absolute atomic E-state index is 0.123. The van der Waals surface area contributed by atoms with Crippen molar-refractivity contribution in [2.75, 3.05) is 0 Å². The van der Waals surface area contributed by atoms with Crippen molar-refractivity contribution in [1.29, 1.82) is 0 Å². The number of halogens is 1.